The summed E-state index contributed by atoms with van der Waals surface area (Å²) in [7, 11) is 0. The van der Waals surface area contributed by atoms with Gasteiger partial charge in [-0.15, -0.1) is 0 Å². The molecule has 3 aromatic rings. The predicted octanol–water partition coefficient (Wildman–Crippen LogP) is 6.11. The lowest BCUT2D eigenvalue weighted by Gasteiger charge is -2.29. The lowest BCUT2D eigenvalue weighted by Crippen LogP contribution is -2.30. The first-order chi connectivity index (χ1) is 13.2. The molecule has 144 valence electrons. The molecule has 0 spiro atoms. The zero-order chi connectivity index (χ0) is 20.4. The van der Waals surface area contributed by atoms with E-state index in [0.29, 0.717) is 11.1 Å². The molecule has 0 radical (unpaired) electrons. The molecule has 28 heavy (non-hydrogen) atoms. The van der Waals surface area contributed by atoms with Gasteiger partial charge in [0.05, 0.1) is 16.3 Å². The van der Waals surface area contributed by atoms with E-state index in [0.717, 1.165) is 17.7 Å². The number of halogens is 5. The normalized spacial score (nSPS) is 13.8. The van der Waals surface area contributed by atoms with Crippen molar-refractivity contribution in [1.29, 1.82) is 0 Å². The number of benzene rings is 2. The van der Waals surface area contributed by atoms with E-state index in [-0.39, 0.29) is 17.7 Å². The van der Waals surface area contributed by atoms with Gasteiger partial charge < -0.3 is 0 Å². The van der Waals surface area contributed by atoms with Crippen LogP contribution in [0, 0.1) is 5.82 Å². The number of alkyl halides is 3. The van der Waals surface area contributed by atoms with Gasteiger partial charge in [0, 0.05) is 25.0 Å². The quantitative estimate of drug-likeness (QED) is 0.462. The minimum Gasteiger partial charge on any atom is -0.257 e. The largest absolute Gasteiger partial charge is 0.416 e. The predicted molar refractivity (Wildman–Crippen MR) is 101 cm³/mol. The Morgan fingerprint density at radius 3 is 2.21 bits per heavy atom. The molecule has 0 amide bonds. The summed E-state index contributed by atoms with van der Waals surface area (Å²) in [6.07, 6.45) is -3.27. The molecule has 0 N–H and O–H groups in total. The van der Waals surface area contributed by atoms with Crippen molar-refractivity contribution >= 4 is 24.0 Å². The molecule has 0 saturated heterocycles. The Hall–Kier alpha value is -2.38. The fraction of sp³-hybridized carbons (Fsp3) is 0.150. The second-order valence-corrected chi connectivity index (χ2v) is 6.82. The van der Waals surface area contributed by atoms with Crippen molar-refractivity contribution in [2.45, 2.75) is 18.1 Å². The molecule has 3 rings (SSSR count). The van der Waals surface area contributed by atoms with E-state index in [1.165, 1.54) is 18.3 Å². The summed E-state index contributed by atoms with van der Waals surface area (Å²) in [5, 5.41) is 0.344. The van der Waals surface area contributed by atoms with E-state index >= 15 is 0 Å². The fourth-order valence-electron chi connectivity index (χ4n) is 2.98. The first-order valence-electron chi connectivity index (χ1n) is 8.13. The Bertz CT molecular complexity index is 978. The average Bonchev–Trinajstić information content (AvgIpc) is 2.66. The average molecular weight is 425 g/mol. The van der Waals surface area contributed by atoms with Crippen LogP contribution in [0.4, 0.5) is 17.6 Å². The fourth-order valence-corrected chi connectivity index (χ4v) is 3.35. The Morgan fingerprint density at radius 1 is 0.964 bits per heavy atom. The highest BCUT2D eigenvalue weighted by Gasteiger charge is 2.39. The highest BCUT2D eigenvalue weighted by Crippen LogP contribution is 2.40. The standard InChI is InChI=1S/C20H13ClF4N2S/c21-16-6-7-18(26-12-16)19(27-28,11-13-4-2-1-3-5-13)14-8-15(20(23,24)25)10-17(22)9-14/h1-10,12H,11H2. The van der Waals surface area contributed by atoms with Gasteiger partial charge >= 0.3 is 6.18 Å². The van der Waals surface area contributed by atoms with Gasteiger partial charge in [0.2, 0.25) is 0 Å². The van der Waals surface area contributed by atoms with Crippen LogP contribution in [0.5, 0.6) is 0 Å². The van der Waals surface area contributed by atoms with E-state index in [2.05, 4.69) is 9.35 Å². The highest BCUT2D eigenvalue weighted by atomic mass is 35.5. The number of aromatic nitrogens is 1. The maximum absolute atomic E-state index is 14.1. The summed E-state index contributed by atoms with van der Waals surface area (Å²) in [4.78, 5) is 4.22. The number of hydrogen-bond acceptors (Lipinski definition) is 3. The zero-order valence-electron chi connectivity index (χ0n) is 14.3. The molecule has 1 heterocycles. The van der Waals surface area contributed by atoms with Gasteiger partial charge in [0.1, 0.15) is 11.4 Å². The van der Waals surface area contributed by atoms with E-state index in [1.54, 1.807) is 30.3 Å². The summed E-state index contributed by atoms with van der Waals surface area (Å²) < 4.78 is 57.9. The first kappa shape index (κ1) is 20.4. The summed E-state index contributed by atoms with van der Waals surface area (Å²) in [5.41, 5.74) is -1.62. The van der Waals surface area contributed by atoms with Crippen molar-refractivity contribution in [2.75, 3.05) is 0 Å². The Morgan fingerprint density at radius 2 is 1.64 bits per heavy atom. The van der Waals surface area contributed by atoms with Gasteiger partial charge in [0.25, 0.3) is 0 Å². The molecule has 0 aliphatic heterocycles. The molecule has 0 saturated carbocycles. The molecular formula is C20H13ClF4N2S. The minimum absolute atomic E-state index is 0.0338. The molecular weight excluding hydrogens is 412 g/mol. The Kier molecular flexibility index (Phi) is 5.76. The third-order valence-corrected chi connectivity index (χ3v) is 4.85. The van der Waals surface area contributed by atoms with Crippen LogP contribution in [0.1, 0.15) is 22.4 Å². The molecule has 0 aliphatic carbocycles. The second kappa shape index (κ2) is 7.93. The minimum atomic E-state index is -4.72. The molecule has 1 atom stereocenters. The van der Waals surface area contributed by atoms with Gasteiger partial charge in [-0.05, 0) is 41.5 Å². The third-order valence-electron chi connectivity index (χ3n) is 4.31. The molecule has 1 aromatic heterocycles. The molecule has 1 unspecified atom stereocenters. The van der Waals surface area contributed by atoms with Gasteiger partial charge in [0.15, 0.2) is 0 Å². The number of rotatable bonds is 5. The van der Waals surface area contributed by atoms with Crippen molar-refractivity contribution in [3.05, 3.63) is 100 Å². The summed E-state index contributed by atoms with van der Waals surface area (Å²) in [5.74, 6) is -1.03. The van der Waals surface area contributed by atoms with Crippen molar-refractivity contribution < 1.29 is 17.6 Å². The summed E-state index contributed by atoms with van der Waals surface area (Å²) in [6, 6.07) is 14.3. The van der Waals surface area contributed by atoms with Crippen molar-refractivity contribution in [3.63, 3.8) is 0 Å². The SMILES string of the molecule is Fc1cc(C(F)(F)F)cc(C(Cc2ccccc2)(N=S)c2ccc(Cl)cn2)c1. The molecule has 0 aliphatic rings. The van der Waals surface area contributed by atoms with Crippen molar-refractivity contribution in [2.24, 2.45) is 4.36 Å². The lowest BCUT2D eigenvalue weighted by molar-refractivity contribution is -0.137. The van der Waals surface area contributed by atoms with Crippen LogP contribution in [0.2, 0.25) is 5.02 Å². The van der Waals surface area contributed by atoms with E-state index in [4.69, 9.17) is 24.0 Å². The van der Waals surface area contributed by atoms with E-state index in [1.807, 2.05) is 0 Å². The molecule has 8 heteroatoms. The van der Waals surface area contributed by atoms with Crippen LogP contribution in [-0.2, 0) is 30.6 Å². The van der Waals surface area contributed by atoms with Gasteiger partial charge in [-0.1, -0.05) is 41.9 Å². The lowest BCUT2D eigenvalue weighted by atomic mass is 9.81. The summed E-state index contributed by atoms with van der Waals surface area (Å²) in [6.45, 7) is 0. The second-order valence-electron chi connectivity index (χ2n) is 6.20. The van der Waals surface area contributed by atoms with Crippen molar-refractivity contribution in [3.8, 4) is 0 Å². The number of hydrogen-bond donors (Lipinski definition) is 0. The molecule has 0 bridgehead atoms. The molecule has 0 fully saturated rings. The smallest absolute Gasteiger partial charge is 0.257 e. The van der Waals surface area contributed by atoms with Crippen LogP contribution in [-0.4, -0.2) is 4.98 Å². The first-order valence-corrected chi connectivity index (χ1v) is 8.88. The zero-order valence-corrected chi connectivity index (χ0v) is 15.8. The topological polar surface area (TPSA) is 25.2 Å². The third kappa shape index (κ3) is 4.20. The van der Waals surface area contributed by atoms with Gasteiger partial charge in [-0.3, -0.25) is 4.98 Å². The Labute approximate surface area is 169 Å². The van der Waals surface area contributed by atoms with Crippen LogP contribution >= 0.6 is 11.6 Å². The van der Waals surface area contributed by atoms with Gasteiger partial charge in [-0.25, -0.2) is 8.75 Å². The molecule has 2 nitrogen and oxygen atoms in total. The number of nitrogens with zero attached hydrogens (tertiary/aromatic N) is 2. The monoisotopic (exact) mass is 424 g/mol. The van der Waals surface area contributed by atoms with Crippen LogP contribution in [0.25, 0.3) is 0 Å². The highest BCUT2D eigenvalue weighted by molar-refractivity contribution is 7.47. The van der Waals surface area contributed by atoms with Gasteiger partial charge in [-0.2, -0.15) is 13.2 Å². The van der Waals surface area contributed by atoms with E-state index in [9.17, 15) is 17.6 Å². The molecule has 2 aromatic carbocycles. The maximum atomic E-state index is 14.1. The van der Waals surface area contributed by atoms with Crippen molar-refractivity contribution in [1.82, 2.24) is 4.98 Å². The number of pyridine rings is 1. The Balaban J connectivity index is 2.25. The maximum Gasteiger partial charge on any atom is 0.416 e. The van der Waals surface area contributed by atoms with Crippen LogP contribution in [0.15, 0.2) is 71.2 Å². The summed E-state index contributed by atoms with van der Waals surface area (Å²) >= 11 is 10.9. The van der Waals surface area contributed by atoms with E-state index < -0.39 is 23.1 Å². The van der Waals surface area contributed by atoms with Crippen LogP contribution in [0.3, 0.4) is 0 Å². The van der Waals surface area contributed by atoms with Crippen LogP contribution < -0.4 is 0 Å².